The van der Waals surface area contributed by atoms with Gasteiger partial charge >= 0.3 is 0 Å². The lowest BCUT2D eigenvalue weighted by atomic mass is 9.99. The fourth-order valence-corrected chi connectivity index (χ4v) is 6.02. The van der Waals surface area contributed by atoms with Gasteiger partial charge in [0.25, 0.3) is 0 Å². The van der Waals surface area contributed by atoms with Gasteiger partial charge in [-0.1, -0.05) is 102 Å². The fourth-order valence-electron chi connectivity index (χ4n) is 6.02. The molecule has 0 aliphatic heterocycles. The Morgan fingerprint density at radius 2 is 0.952 bits per heavy atom. The van der Waals surface area contributed by atoms with Crippen molar-refractivity contribution in [1.82, 2.24) is 9.97 Å². The average Bonchev–Trinajstić information content (AvgIpc) is 3.64. The lowest BCUT2D eigenvalue weighted by Crippen LogP contribution is -1.87. The maximum Gasteiger partial charge on any atom is 0.227 e. The molecule has 0 unspecified atom stereocenters. The molecule has 0 aliphatic carbocycles. The Kier molecular flexibility index (Phi) is 8.98. The Morgan fingerprint density at radius 3 is 1.45 bits per heavy atom. The van der Waals surface area contributed by atoms with Crippen LogP contribution in [-0.4, -0.2) is 9.97 Å². The molecular formula is C38H42N2O2. The Morgan fingerprint density at radius 1 is 0.500 bits per heavy atom. The quantitative estimate of drug-likeness (QED) is 0.125. The van der Waals surface area contributed by atoms with E-state index in [0.717, 1.165) is 56.9 Å². The van der Waals surface area contributed by atoms with Crippen molar-refractivity contribution < 1.29 is 8.83 Å². The van der Waals surface area contributed by atoms with E-state index >= 15 is 0 Å². The molecule has 0 fully saturated rings. The first-order valence-electron chi connectivity index (χ1n) is 16.0. The van der Waals surface area contributed by atoms with E-state index in [9.17, 15) is 0 Å². The molecule has 0 amide bonds. The predicted molar refractivity (Wildman–Crippen MR) is 175 cm³/mol. The summed E-state index contributed by atoms with van der Waals surface area (Å²) in [5.41, 5.74) is 8.11. The standard InChI is InChI=1S/C38H42N2O2/c1-3-5-7-9-10-12-16-28-20-24-36-34(26-28)40-38(42-36)32-22-21-31(29-17-13-14-18-30(29)32)37-39-33-25-27(15-11-8-6-4-2)19-23-35(33)41-37/h13-14,17-26H,3-12,15-16H2,1-2H3. The average molecular weight is 559 g/mol. The Labute approximate surface area is 249 Å². The van der Waals surface area contributed by atoms with Gasteiger partial charge in [-0.2, -0.15) is 0 Å². The normalized spacial score (nSPS) is 11.8. The van der Waals surface area contributed by atoms with Gasteiger partial charge in [-0.25, -0.2) is 9.97 Å². The monoisotopic (exact) mass is 558 g/mol. The van der Waals surface area contributed by atoms with Crippen LogP contribution in [0.4, 0.5) is 0 Å². The third-order valence-electron chi connectivity index (χ3n) is 8.43. The van der Waals surface area contributed by atoms with Crippen molar-refractivity contribution in [2.75, 3.05) is 0 Å². The highest BCUT2D eigenvalue weighted by atomic mass is 16.4. The van der Waals surface area contributed by atoms with Crippen LogP contribution in [0.3, 0.4) is 0 Å². The maximum absolute atomic E-state index is 6.29. The molecule has 6 rings (SSSR count). The lowest BCUT2D eigenvalue weighted by Gasteiger charge is -2.07. The van der Waals surface area contributed by atoms with Crippen LogP contribution in [0.15, 0.2) is 81.6 Å². The number of unbranched alkanes of at least 4 members (excludes halogenated alkanes) is 8. The van der Waals surface area contributed by atoms with Crippen LogP contribution in [0.2, 0.25) is 0 Å². The first kappa shape index (κ1) is 28.2. The Bertz CT molecular complexity index is 1780. The van der Waals surface area contributed by atoms with E-state index < -0.39 is 0 Å². The summed E-state index contributed by atoms with van der Waals surface area (Å²) in [6.07, 6.45) is 15.0. The van der Waals surface area contributed by atoms with Crippen LogP contribution in [0.1, 0.15) is 89.2 Å². The number of fused-ring (bicyclic) bond motifs is 3. The van der Waals surface area contributed by atoms with Crippen molar-refractivity contribution in [2.45, 2.75) is 90.9 Å². The highest BCUT2D eigenvalue weighted by molar-refractivity contribution is 6.03. The van der Waals surface area contributed by atoms with Gasteiger partial charge in [0.05, 0.1) is 0 Å². The molecule has 4 aromatic carbocycles. The van der Waals surface area contributed by atoms with Crippen LogP contribution < -0.4 is 0 Å². The van der Waals surface area contributed by atoms with E-state index in [0.29, 0.717) is 11.8 Å². The zero-order valence-electron chi connectivity index (χ0n) is 25.1. The fraction of sp³-hybridized carbons (Fsp3) is 0.368. The summed E-state index contributed by atoms with van der Waals surface area (Å²) >= 11 is 0. The van der Waals surface area contributed by atoms with Crippen LogP contribution in [-0.2, 0) is 12.8 Å². The van der Waals surface area contributed by atoms with E-state index in [1.807, 2.05) is 0 Å². The van der Waals surface area contributed by atoms with Crippen molar-refractivity contribution >= 4 is 33.0 Å². The van der Waals surface area contributed by atoms with E-state index in [1.54, 1.807) is 0 Å². The summed E-state index contributed by atoms with van der Waals surface area (Å²) in [6, 6.07) is 25.5. The summed E-state index contributed by atoms with van der Waals surface area (Å²) in [4.78, 5) is 9.86. The van der Waals surface area contributed by atoms with Crippen molar-refractivity contribution in [3.8, 4) is 22.9 Å². The predicted octanol–water partition coefficient (Wildman–Crippen LogP) is 11.5. The summed E-state index contributed by atoms with van der Waals surface area (Å²) in [7, 11) is 0. The molecule has 0 saturated heterocycles. The van der Waals surface area contributed by atoms with Crippen molar-refractivity contribution in [1.29, 1.82) is 0 Å². The minimum absolute atomic E-state index is 0.646. The van der Waals surface area contributed by atoms with Crippen LogP contribution in [0, 0.1) is 0 Å². The third-order valence-corrected chi connectivity index (χ3v) is 8.43. The van der Waals surface area contributed by atoms with E-state index in [4.69, 9.17) is 18.8 Å². The molecule has 2 aromatic heterocycles. The number of nitrogens with zero attached hydrogens (tertiary/aromatic N) is 2. The van der Waals surface area contributed by atoms with E-state index in [-0.39, 0.29) is 0 Å². The second kappa shape index (κ2) is 13.4. The summed E-state index contributed by atoms with van der Waals surface area (Å²) < 4.78 is 12.6. The van der Waals surface area contributed by atoms with Crippen LogP contribution >= 0.6 is 0 Å². The molecule has 0 atom stereocenters. The van der Waals surface area contributed by atoms with Gasteiger partial charge in [-0.05, 0) is 84.0 Å². The largest absolute Gasteiger partial charge is 0.436 e. The second-order valence-corrected chi connectivity index (χ2v) is 11.7. The summed E-state index contributed by atoms with van der Waals surface area (Å²) in [5, 5.41) is 2.15. The number of aryl methyl sites for hydroxylation is 2. The number of rotatable bonds is 14. The summed E-state index contributed by atoms with van der Waals surface area (Å²) in [5.74, 6) is 1.29. The van der Waals surface area contributed by atoms with E-state index in [2.05, 4.69) is 86.6 Å². The molecule has 216 valence electrons. The Hall–Kier alpha value is -3.92. The molecule has 6 aromatic rings. The molecule has 4 nitrogen and oxygen atoms in total. The minimum Gasteiger partial charge on any atom is -0.436 e. The SMILES string of the molecule is CCCCCCCCc1ccc2oc(-c3ccc(-c4nc5cc(CCCCCC)ccc5o4)c4ccccc34)nc2c1. The highest BCUT2D eigenvalue weighted by Crippen LogP contribution is 2.37. The molecule has 0 bridgehead atoms. The van der Waals surface area contributed by atoms with Crippen molar-refractivity contribution in [3.05, 3.63) is 83.9 Å². The Balaban J connectivity index is 1.25. The first-order valence-corrected chi connectivity index (χ1v) is 16.0. The third kappa shape index (κ3) is 6.28. The van der Waals surface area contributed by atoms with E-state index in [1.165, 1.54) is 75.3 Å². The van der Waals surface area contributed by atoms with Crippen LogP contribution in [0.25, 0.3) is 55.9 Å². The van der Waals surface area contributed by atoms with Gasteiger partial charge < -0.3 is 8.83 Å². The zero-order valence-corrected chi connectivity index (χ0v) is 25.1. The number of aromatic nitrogens is 2. The molecule has 42 heavy (non-hydrogen) atoms. The number of benzene rings is 4. The van der Waals surface area contributed by atoms with Crippen molar-refractivity contribution in [3.63, 3.8) is 0 Å². The number of hydrogen-bond acceptors (Lipinski definition) is 4. The molecule has 0 aliphatic rings. The van der Waals surface area contributed by atoms with Gasteiger partial charge in [-0.15, -0.1) is 0 Å². The minimum atomic E-state index is 0.646. The highest BCUT2D eigenvalue weighted by Gasteiger charge is 2.17. The topological polar surface area (TPSA) is 52.1 Å². The number of oxazole rings is 2. The molecule has 0 radical (unpaired) electrons. The van der Waals surface area contributed by atoms with Gasteiger partial charge in [0.2, 0.25) is 11.8 Å². The maximum atomic E-state index is 6.29. The molecular weight excluding hydrogens is 516 g/mol. The lowest BCUT2D eigenvalue weighted by molar-refractivity contribution is 0.607. The molecule has 4 heteroatoms. The summed E-state index contributed by atoms with van der Waals surface area (Å²) in [6.45, 7) is 4.51. The van der Waals surface area contributed by atoms with Gasteiger partial charge in [0.15, 0.2) is 11.2 Å². The van der Waals surface area contributed by atoms with Gasteiger partial charge in [0, 0.05) is 11.1 Å². The van der Waals surface area contributed by atoms with Crippen LogP contribution in [0.5, 0.6) is 0 Å². The van der Waals surface area contributed by atoms with Crippen molar-refractivity contribution in [2.24, 2.45) is 0 Å². The molecule has 2 heterocycles. The molecule has 0 spiro atoms. The van der Waals surface area contributed by atoms with Gasteiger partial charge in [-0.3, -0.25) is 0 Å². The zero-order chi connectivity index (χ0) is 28.7. The molecule has 0 saturated carbocycles. The smallest absolute Gasteiger partial charge is 0.227 e. The first-order chi connectivity index (χ1) is 20.7. The second-order valence-electron chi connectivity index (χ2n) is 11.7. The number of hydrogen-bond donors (Lipinski definition) is 0. The molecule has 0 N–H and O–H groups in total. The van der Waals surface area contributed by atoms with Gasteiger partial charge in [0.1, 0.15) is 11.0 Å².